The van der Waals surface area contributed by atoms with Crippen molar-refractivity contribution in [1.29, 1.82) is 0 Å². The van der Waals surface area contributed by atoms with E-state index in [0.29, 0.717) is 6.54 Å². The van der Waals surface area contributed by atoms with Gasteiger partial charge in [-0.15, -0.1) is 0 Å². The molecule has 0 aromatic carbocycles. The lowest BCUT2D eigenvalue weighted by Crippen LogP contribution is -2.56. The van der Waals surface area contributed by atoms with Gasteiger partial charge in [-0.2, -0.15) is 0 Å². The Morgan fingerprint density at radius 3 is 1.30 bits per heavy atom. The average Bonchev–Trinajstić information content (AvgIpc) is 2.67. The maximum absolute atomic E-state index is 12.2. The number of carbonyl (C=O) groups is 5. The monoisotopic (exact) mass is 428 g/mol. The van der Waals surface area contributed by atoms with Gasteiger partial charge in [-0.1, -0.05) is 13.3 Å². The molecule has 0 radical (unpaired) electrons. The predicted octanol–water partition coefficient (Wildman–Crippen LogP) is -1.73. The van der Waals surface area contributed by atoms with E-state index in [1.165, 1.54) is 27.7 Å². The summed E-state index contributed by atoms with van der Waals surface area (Å²) in [7, 11) is 0. The summed E-state index contributed by atoms with van der Waals surface area (Å²) in [6, 6.07) is -4.27. The van der Waals surface area contributed by atoms with Gasteiger partial charge in [-0.3, -0.25) is 24.0 Å². The molecule has 0 bridgehead atoms. The normalized spacial score (nSPS) is 15.6. The minimum atomic E-state index is -0.947. The SMILES string of the molecule is CCCCNC(=O)[C@H](C)NC(=O)[C@H](C)NC(=O)[C@H](C)NC(=O)[C@H](C)NC(=O)[C@H](C)N. The van der Waals surface area contributed by atoms with E-state index in [-0.39, 0.29) is 5.91 Å². The summed E-state index contributed by atoms with van der Waals surface area (Å²) in [6.45, 7) is 9.94. The molecule has 0 aromatic heterocycles. The molecule has 7 N–H and O–H groups in total. The molecule has 0 aliphatic heterocycles. The highest BCUT2D eigenvalue weighted by atomic mass is 16.2. The summed E-state index contributed by atoms with van der Waals surface area (Å²) in [6.07, 6.45) is 1.78. The molecule has 0 heterocycles. The van der Waals surface area contributed by atoms with E-state index in [0.717, 1.165) is 12.8 Å². The largest absolute Gasteiger partial charge is 0.354 e. The van der Waals surface area contributed by atoms with Crippen molar-refractivity contribution in [3.63, 3.8) is 0 Å². The zero-order valence-corrected chi connectivity index (χ0v) is 18.6. The van der Waals surface area contributed by atoms with Crippen molar-refractivity contribution in [2.24, 2.45) is 5.73 Å². The second-order valence-corrected chi connectivity index (χ2v) is 7.35. The third kappa shape index (κ3) is 10.2. The van der Waals surface area contributed by atoms with E-state index < -0.39 is 53.8 Å². The van der Waals surface area contributed by atoms with Gasteiger partial charge in [0.15, 0.2) is 0 Å². The number of nitrogens with two attached hydrogens (primary N) is 1. The molecule has 0 rings (SSSR count). The molecule has 11 heteroatoms. The van der Waals surface area contributed by atoms with Crippen molar-refractivity contribution >= 4 is 29.5 Å². The first kappa shape index (κ1) is 27.3. The van der Waals surface area contributed by atoms with Gasteiger partial charge in [0, 0.05) is 6.54 Å². The Morgan fingerprint density at radius 2 is 0.967 bits per heavy atom. The number of nitrogens with one attached hydrogen (secondary N) is 5. The Hall–Kier alpha value is -2.69. The Labute approximate surface area is 177 Å². The van der Waals surface area contributed by atoms with Crippen LogP contribution >= 0.6 is 0 Å². The van der Waals surface area contributed by atoms with Gasteiger partial charge in [0.05, 0.1) is 6.04 Å². The van der Waals surface area contributed by atoms with Gasteiger partial charge in [-0.05, 0) is 41.0 Å². The topological polar surface area (TPSA) is 172 Å². The van der Waals surface area contributed by atoms with Crippen molar-refractivity contribution in [3.05, 3.63) is 0 Å². The van der Waals surface area contributed by atoms with E-state index in [1.807, 2.05) is 6.92 Å². The summed E-state index contributed by atoms with van der Waals surface area (Å²) >= 11 is 0. The van der Waals surface area contributed by atoms with Crippen LogP contribution in [0.3, 0.4) is 0 Å². The number of hydrogen-bond donors (Lipinski definition) is 6. The summed E-state index contributed by atoms with van der Waals surface area (Å²) in [5.74, 6) is -2.48. The van der Waals surface area contributed by atoms with Crippen LogP contribution in [0, 0.1) is 0 Å². The fourth-order valence-electron chi connectivity index (χ4n) is 2.16. The van der Waals surface area contributed by atoms with Crippen LogP contribution in [0.2, 0.25) is 0 Å². The lowest BCUT2D eigenvalue weighted by Gasteiger charge is -2.22. The quantitative estimate of drug-likeness (QED) is 0.202. The highest BCUT2D eigenvalue weighted by Crippen LogP contribution is 1.93. The maximum Gasteiger partial charge on any atom is 0.242 e. The van der Waals surface area contributed by atoms with Crippen molar-refractivity contribution in [3.8, 4) is 0 Å². The number of hydrogen-bond acceptors (Lipinski definition) is 6. The molecule has 0 saturated heterocycles. The van der Waals surface area contributed by atoms with Crippen LogP contribution in [0.5, 0.6) is 0 Å². The Bertz CT molecular complexity index is 625. The van der Waals surface area contributed by atoms with Crippen LogP contribution in [-0.4, -0.2) is 66.3 Å². The zero-order valence-electron chi connectivity index (χ0n) is 18.6. The van der Waals surface area contributed by atoms with E-state index >= 15 is 0 Å². The van der Waals surface area contributed by atoms with Crippen LogP contribution < -0.4 is 32.3 Å². The molecule has 0 spiro atoms. The van der Waals surface area contributed by atoms with Crippen LogP contribution in [0.15, 0.2) is 0 Å². The number of amides is 5. The van der Waals surface area contributed by atoms with Gasteiger partial charge in [-0.25, -0.2) is 0 Å². The molecule has 5 amide bonds. The van der Waals surface area contributed by atoms with E-state index in [9.17, 15) is 24.0 Å². The van der Waals surface area contributed by atoms with Crippen molar-refractivity contribution in [1.82, 2.24) is 26.6 Å². The lowest BCUT2D eigenvalue weighted by molar-refractivity contribution is -0.133. The molecule has 0 unspecified atom stereocenters. The molecule has 0 aromatic rings. The van der Waals surface area contributed by atoms with Crippen molar-refractivity contribution in [2.75, 3.05) is 6.54 Å². The van der Waals surface area contributed by atoms with E-state index in [2.05, 4.69) is 26.6 Å². The highest BCUT2D eigenvalue weighted by molar-refractivity contribution is 5.95. The zero-order chi connectivity index (χ0) is 23.4. The molecule has 5 atom stereocenters. The molecule has 0 saturated carbocycles. The minimum absolute atomic E-state index is 0.307. The van der Waals surface area contributed by atoms with E-state index in [1.54, 1.807) is 6.92 Å². The summed E-state index contributed by atoms with van der Waals surface area (Å²) in [4.78, 5) is 60.0. The molecule has 11 nitrogen and oxygen atoms in total. The summed E-state index contributed by atoms with van der Waals surface area (Å²) < 4.78 is 0. The van der Waals surface area contributed by atoms with Gasteiger partial charge in [0.2, 0.25) is 29.5 Å². The summed E-state index contributed by atoms with van der Waals surface area (Å²) in [5.41, 5.74) is 5.43. The maximum atomic E-state index is 12.2. The van der Waals surface area contributed by atoms with Gasteiger partial charge >= 0.3 is 0 Å². The van der Waals surface area contributed by atoms with Crippen LogP contribution in [-0.2, 0) is 24.0 Å². The third-order valence-corrected chi connectivity index (χ3v) is 4.25. The van der Waals surface area contributed by atoms with Crippen LogP contribution in [0.1, 0.15) is 54.4 Å². The van der Waals surface area contributed by atoms with Gasteiger partial charge in [0.25, 0.3) is 0 Å². The Morgan fingerprint density at radius 1 is 0.633 bits per heavy atom. The van der Waals surface area contributed by atoms with Crippen LogP contribution in [0.4, 0.5) is 0 Å². The average molecular weight is 429 g/mol. The second-order valence-electron chi connectivity index (χ2n) is 7.35. The van der Waals surface area contributed by atoms with Gasteiger partial charge in [0.1, 0.15) is 24.2 Å². The first-order valence-electron chi connectivity index (χ1n) is 10.1. The van der Waals surface area contributed by atoms with Crippen molar-refractivity contribution in [2.45, 2.75) is 84.6 Å². The van der Waals surface area contributed by atoms with Crippen LogP contribution in [0.25, 0.3) is 0 Å². The van der Waals surface area contributed by atoms with E-state index in [4.69, 9.17) is 5.73 Å². The fraction of sp³-hybridized carbons (Fsp3) is 0.737. The Kier molecular flexibility index (Phi) is 12.3. The molecule has 30 heavy (non-hydrogen) atoms. The smallest absolute Gasteiger partial charge is 0.242 e. The lowest BCUT2D eigenvalue weighted by atomic mass is 10.2. The first-order chi connectivity index (χ1) is 13.9. The predicted molar refractivity (Wildman–Crippen MR) is 112 cm³/mol. The van der Waals surface area contributed by atoms with Gasteiger partial charge < -0.3 is 32.3 Å². The standard InChI is InChI=1S/C19H36N6O5/c1-7-8-9-21-16(27)11(3)23-18(29)13(5)25-19(30)14(6)24-17(28)12(4)22-15(26)10(2)20/h10-14H,7-9,20H2,1-6H3,(H,21,27)(H,22,26)(H,23,29)(H,24,28)(H,25,30)/t10-,11-,12-,13-,14-/m0/s1. The number of carbonyl (C=O) groups excluding carboxylic acids is 5. The molecule has 0 aliphatic rings. The first-order valence-corrected chi connectivity index (χ1v) is 10.1. The number of rotatable bonds is 12. The molecule has 0 aliphatic carbocycles. The molecular formula is C19H36N6O5. The second kappa shape index (κ2) is 13.5. The van der Waals surface area contributed by atoms with Crippen molar-refractivity contribution < 1.29 is 24.0 Å². The Balaban J connectivity index is 4.52. The third-order valence-electron chi connectivity index (χ3n) is 4.25. The summed E-state index contributed by atoms with van der Waals surface area (Å²) in [5, 5.41) is 12.6. The fourth-order valence-corrected chi connectivity index (χ4v) is 2.16. The number of unbranched alkanes of at least 4 members (excludes halogenated alkanes) is 1. The molecule has 172 valence electrons. The molecular weight excluding hydrogens is 392 g/mol. The molecule has 0 fully saturated rings. The highest BCUT2D eigenvalue weighted by Gasteiger charge is 2.25. The minimum Gasteiger partial charge on any atom is -0.354 e.